The Bertz CT molecular complexity index is 4010. The zero-order chi connectivity index (χ0) is 76.4. The fourth-order valence-electron chi connectivity index (χ4n) is 10.3. The predicted molar refractivity (Wildman–Crippen MR) is 322 cm³/mol. The van der Waals surface area contributed by atoms with E-state index in [2.05, 4.69) is 0 Å². The Labute approximate surface area is 567 Å². The van der Waals surface area contributed by atoms with Crippen LogP contribution in [0.4, 0.5) is 117 Å². The average Bonchev–Trinajstić information content (AvgIpc) is 0.805. The molecule has 0 atom stereocenters. The minimum absolute atomic E-state index is 0.0171. The molecule has 0 unspecified atom stereocenters. The van der Waals surface area contributed by atoms with Gasteiger partial charge in [0.2, 0.25) is 0 Å². The van der Waals surface area contributed by atoms with E-state index in [1.165, 1.54) is 48.5 Å². The largest absolute Gasteiger partial charge is 0.422 e. The van der Waals surface area contributed by atoms with Gasteiger partial charge in [-0.05, 0) is 178 Å². The Balaban J connectivity index is 0.963. The summed E-state index contributed by atoms with van der Waals surface area (Å²) in [5, 5.41) is 19.9. The van der Waals surface area contributed by atoms with Crippen LogP contribution >= 0.6 is 0 Å². The van der Waals surface area contributed by atoms with Gasteiger partial charge < -0.3 is 19.3 Å². The Morgan fingerprint density at radius 1 is 0.320 bits per heavy atom. The summed E-state index contributed by atoms with van der Waals surface area (Å²) in [5.41, 5.74) is -18.3. The number of alkyl halides is 24. The van der Waals surface area contributed by atoms with Crippen molar-refractivity contribution >= 4 is 35.5 Å². The summed E-state index contributed by atoms with van der Waals surface area (Å²) in [4.78, 5) is 28.5. The molecule has 0 aliphatic carbocycles. The molecule has 8 nitrogen and oxygen atoms in total. The molecule has 0 bridgehead atoms. The first-order chi connectivity index (χ1) is 47.5. The number of carbonyl (C=O) groups excluding carboxylic acids is 2. The Morgan fingerprint density at radius 3 is 0.709 bits per heavy atom. The molecule has 0 aromatic heterocycles. The molecule has 0 amide bonds. The van der Waals surface area contributed by atoms with E-state index in [4.69, 9.17) is 9.47 Å². The first kappa shape index (κ1) is 77.8. The highest BCUT2D eigenvalue weighted by molar-refractivity contribution is 6.00. The number of nitrogens with zero attached hydrogens (tertiary/aromatic N) is 4. The van der Waals surface area contributed by atoms with Crippen LogP contribution in [0.3, 0.4) is 0 Å². The Morgan fingerprint density at radius 2 is 0.524 bits per heavy atom. The number of benzene rings is 8. The summed E-state index contributed by atoms with van der Waals surface area (Å²) < 4.78 is 343. The lowest BCUT2D eigenvalue weighted by molar-refractivity contribution is -0.144. The number of ether oxygens (including phenoxy) is 2. The van der Waals surface area contributed by atoms with Crippen molar-refractivity contribution in [1.29, 1.82) is 10.5 Å². The summed E-state index contributed by atoms with van der Waals surface area (Å²) in [5.74, 6) is -2.67. The molecule has 0 aliphatic rings. The van der Waals surface area contributed by atoms with Gasteiger partial charge in [-0.3, -0.25) is 0 Å². The van der Waals surface area contributed by atoms with Crippen LogP contribution in [0, 0.1) is 22.7 Å². The molecule has 0 heterocycles. The second-order valence-electron chi connectivity index (χ2n) is 23.3. The van der Waals surface area contributed by atoms with Crippen LogP contribution in [0.1, 0.15) is 103 Å². The summed E-state index contributed by atoms with van der Waals surface area (Å²) in [6, 6.07) is 25.7. The minimum Gasteiger partial charge on any atom is -0.422 e. The molecule has 0 saturated heterocycles. The Hall–Kier alpha value is -10.9. The lowest BCUT2D eigenvalue weighted by Crippen LogP contribution is -2.24. The van der Waals surface area contributed by atoms with Crippen molar-refractivity contribution < 1.29 is 124 Å². The first-order valence-electron chi connectivity index (χ1n) is 29.2. The standard InChI is InChI=1S/C71H44F24N4O4/c1-63(2,47-7-15-59(16-8-47)102-61(100)45(33-96)19-39-3-11-57(12-4-39)98(35-41-21-49(64(72,73)74)29-50(22-41)65(75,76)77)36-42-23-51(66(78,79)80)30-52(24-42)67(81,82)83)48-9-17-60(18-10-48)103-62(101)46(34-97)20-40-5-13-58(14-6-40)99(37-43-25-53(68(84,85)86)31-54(26-43)69(87,88)89)38-44-27-55(70(90,91)92)32-56(28-44)71(93,94)95/h3-32H,35-38H2,1-2H3. The third kappa shape index (κ3) is 20.2. The quantitative estimate of drug-likeness (QED) is 0.0275. The molecule has 8 aromatic rings. The van der Waals surface area contributed by atoms with Gasteiger partial charge in [0.05, 0.1) is 44.5 Å². The molecular formula is C71H44F24N4O4. The normalized spacial score (nSPS) is 13.1. The highest BCUT2D eigenvalue weighted by atomic mass is 19.4. The molecule has 0 saturated carbocycles. The highest BCUT2D eigenvalue weighted by Crippen LogP contribution is 2.43. The molecule has 0 radical (unpaired) electrons. The van der Waals surface area contributed by atoms with Gasteiger partial charge in [0.15, 0.2) is 0 Å². The second-order valence-corrected chi connectivity index (χ2v) is 23.3. The monoisotopic (exact) mass is 1470 g/mol. The number of rotatable bonds is 18. The van der Waals surface area contributed by atoms with Crippen molar-refractivity contribution in [2.45, 2.75) is 94.9 Å². The van der Waals surface area contributed by atoms with E-state index in [0.717, 1.165) is 70.5 Å². The van der Waals surface area contributed by atoms with Gasteiger partial charge in [-0.1, -0.05) is 62.4 Å². The van der Waals surface area contributed by atoms with Gasteiger partial charge in [0, 0.05) is 43.0 Å². The van der Waals surface area contributed by atoms with Gasteiger partial charge in [-0.2, -0.15) is 116 Å². The van der Waals surface area contributed by atoms with Gasteiger partial charge >= 0.3 is 61.3 Å². The summed E-state index contributed by atoms with van der Waals surface area (Å²) >= 11 is 0. The number of carbonyl (C=O) groups is 2. The Kier molecular flexibility index (Phi) is 22.1. The average molecular weight is 1470 g/mol. The van der Waals surface area contributed by atoms with Crippen molar-refractivity contribution in [3.8, 4) is 23.6 Å². The zero-order valence-corrected chi connectivity index (χ0v) is 52.1. The first-order valence-corrected chi connectivity index (χ1v) is 29.2. The van der Waals surface area contributed by atoms with Crippen LogP contribution in [0.25, 0.3) is 12.2 Å². The van der Waals surface area contributed by atoms with Crippen molar-refractivity contribution in [3.05, 3.63) is 270 Å². The van der Waals surface area contributed by atoms with E-state index in [-0.39, 0.29) is 58.3 Å². The fourth-order valence-corrected chi connectivity index (χ4v) is 10.3. The SMILES string of the molecule is CC(C)(c1ccc(OC(=O)C(C#N)=Cc2ccc(N(Cc3cc(C(F)(F)F)cc(C(F)(F)F)c3)Cc3cc(C(F)(F)F)cc(C(F)(F)F)c3)cc2)cc1)c1ccc(OC(=O)C(C#N)=Cc2ccc(N(Cc3cc(C(F)(F)F)cc(C(F)(F)F)c3)Cc3cc(C(F)(F)F)cc(C(F)(F)F)c3)cc2)cc1. The predicted octanol–water partition coefficient (Wildman–Crippen LogP) is 21.6. The third-order valence-corrected chi connectivity index (χ3v) is 15.5. The van der Waals surface area contributed by atoms with Crippen molar-refractivity contribution in [2.24, 2.45) is 0 Å². The van der Waals surface area contributed by atoms with Crippen LogP contribution in [0.15, 0.2) is 181 Å². The molecule has 0 spiro atoms. The summed E-state index contributed by atoms with van der Waals surface area (Å²) in [7, 11) is 0. The lowest BCUT2D eigenvalue weighted by atomic mass is 9.78. The number of hydrogen-bond acceptors (Lipinski definition) is 8. The van der Waals surface area contributed by atoms with Crippen LogP contribution in [-0.2, 0) is 90.6 Å². The number of hydrogen-bond donors (Lipinski definition) is 0. The third-order valence-electron chi connectivity index (χ3n) is 15.5. The van der Waals surface area contributed by atoms with E-state index in [1.54, 1.807) is 26.0 Å². The van der Waals surface area contributed by atoms with Gasteiger partial charge in [-0.15, -0.1) is 0 Å². The molecular weight excluding hydrogens is 1430 g/mol. The van der Waals surface area contributed by atoms with Crippen LogP contribution in [0.2, 0.25) is 0 Å². The van der Waals surface area contributed by atoms with Crippen molar-refractivity contribution in [3.63, 3.8) is 0 Å². The second kappa shape index (κ2) is 29.2. The van der Waals surface area contributed by atoms with Gasteiger partial charge in [0.25, 0.3) is 0 Å². The molecule has 0 aliphatic heterocycles. The molecule has 103 heavy (non-hydrogen) atoms. The lowest BCUT2D eigenvalue weighted by Gasteiger charge is -2.27. The molecule has 8 rings (SSSR count). The molecule has 8 aromatic carbocycles. The van der Waals surface area contributed by atoms with Crippen LogP contribution < -0.4 is 19.3 Å². The maximum atomic E-state index is 13.8. The zero-order valence-electron chi connectivity index (χ0n) is 52.1. The van der Waals surface area contributed by atoms with Crippen LogP contribution in [-0.4, -0.2) is 11.9 Å². The number of anilines is 2. The molecule has 0 fully saturated rings. The van der Waals surface area contributed by atoms with Gasteiger partial charge in [0.1, 0.15) is 34.8 Å². The van der Waals surface area contributed by atoms with E-state index < -0.39 is 171 Å². The number of halogens is 24. The van der Waals surface area contributed by atoms with Crippen LogP contribution in [0.5, 0.6) is 11.5 Å². The van der Waals surface area contributed by atoms with E-state index >= 15 is 0 Å². The fraction of sp³-hybridized carbons (Fsp3) is 0.211. The topological polar surface area (TPSA) is 107 Å². The van der Waals surface area contributed by atoms with Crippen molar-refractivity contribution in [1.82, 2.24) is 0 Å². The summed E-state index contributed by atoms with van der Waals surface area (Å²) in [6.07, 6.45) is -40.7. The van der Waals surface area contributed by atoms with E-state index in [0.29, 0.717) is 59.7 Å². The number of esters is 2. The highest BCUT2D eigenvalue weighted by Gasteiger charge is 2.42. The minimum atomic E-state index is -5.34. The van der Waals surface area contributed by atoms with E-state index in [1.807, 2.05) is 0 Å². The summed E-state index contributed by atoms with van der Waals surface area (Å²) in [6.45, 7) is -0.298. The van der Waals surface area contributed by atoms with Crippen molar-refractivity contribution in [2.75, 3.05) is 9.80 Å². The smallest absolute Gasteiger partial charge is 0.416 e. The maximum Gasteiger partial charge on any atom is 0.416 e. The van der Waals surface area contributed by atoms with Gasteiger partial charge in [-0.25, -0.2) is 9.59 Å². The number of nitriles is 2. The maximum absolute atomic E-state index is 13.8. The molecule has 32 heteroatoms. The molecule has 0 N–H and O–H groups in total. The molecule has 540 valence electrons. The van der Waals surface area contributed by atoms with E-state index in [9.17, 15) is 125 Å².